The summed E-state index contributed by atoms with van der Waals surface area (Å²) in [6, 6.07) is 0. The van der Waals surface area contributed by atoms with E-state index in [1.807, 2.05) is 25.2 Å². The molecule has 3 rings (SSSR count). The molecule has 5 atom stereocenters. The topological polar surface area (TPSA) is 69.6 Å². The van der Waals surface area contributed by atoms with Gasteiger partial charge in [-0.2, -0.15) is 0 Å². The first-order valence-corrected chi connectivity index (χ1v) is 6.35. The van der Waals surface area contributed by atoms with Gasteiger partial charge in [0.05, 0.1) is 12.0 Å². The molecule has 5 unspecified atom stereocenters. The monoisotopic (exact) mass is 247 g/mol. The third-order valence-electron chi connectivity index (χ3n) is 4.38. The van der Waals surface area contributed by atoms with Crippen LogP contribution in [0.3, 0.4) is 0 Å². The van der Waals surface area contributed by atoms with Gasteiger partial charge in [0.15, 0.2) is 0 Å². The van der Waals surface area contributed by atoms with Crippen LogP contribution >= 0.6 is 0 Å². The summed E-state index contributed by atoms with van der Waals surface area (Å²) in [5, 5.41) is 22.8. The molecule has 0 heterocycles. The molecule has 3 aliphatic carbocycles. The molecule has 0 aliphatic heterocycles. The summed E-state index contributed by atoms with van der Waals surface area (Å²) < 4.78 is 0. The molecule has 96 valence electrons. The molecule has 0 aromatic heterocycles. The SMILES string of the molecule is CCNC(=O)C1C2C=CC13C=C(O)C=CC3C2O. The molecule has 1 amide bonds. The van der Waals surface area contributed by atoms with E-state index in [9.17, 15) is 15.0 Å². The third kappa shape index (κ3) is 1.27. The van der Waals surface area contributed by atoms with Crippen molar-refractivity contribution in [1.82, 2.24) is 5.32 Å². The minimum absolute atomic E-state index is 0.0478. The fraction of sp³-hybridized carbons (Fsp3) is 0.500. The first kappa shape index (κ1) is 11.5. The van der Waals surface area contributed by atoms with E-state index in [-0.39, 0.29) is 29.4 Å². The van der Waals surface area contributed by atoms with Crippen LogP contribution in [-0.2, 0) is 4.79 Å². The molecular formula is C14H17NO3. The Hall–Kier alpha value is -1.55. The zero-order valence-electron chi connectivity index (χ0n) is 10.2. The van der Waals surface area contributed by atoms with Gasteiger partial charge in [0.25, 0.3) is 0 Å². The number of rotatable bonds is 2. The van der Waals surface area contributed by atoms with E-state index >= 15 is 0 Å². The quantitative estimate of drug-likeness (QED) is 0.635. The number of hydrogen-bond acceptors (Lipinski definition) is 3. The lowest BCUT2D eigenvalue weighted by Gasteiger charge is -2.34. The fourth-order valence-electron chi connectivity index (χ4n) is 3.70. The van der Waals surface area contributed by atoms with Crippen molar-refractivity contribution < 1.29 is 15.0 Å². The van der Waals surface area contributed by atoms with E-state index in [0.717, 1.165) is 0 Å². The second kappa shape index (κ2) is 3.72. The first-order valence-electron chi connectivity index (χ1n) is 6.35. The largest absolute Gasteiger partial charge is 0.508 e. The average molecular weight is 247 g/mol. The van der Waals surface area contributed by atoms with E-state index in [1.165, 1.54) is 0 Å². The summed E-state index contributed by atoms with van der Waals surface area (Å²) in [5.74, 6) is -0.470. The van der Waals surface area contributed by atoms with E-state index < -0.39 is 11.5 Å². The molecule has 0 radical (unpaired) electrons. The van der Waals surface area contributed by atoms with Gasteiger partial charge in [0, 0.05) is 23.8 Å². The second-order valence-electron chi connectivity index (χ2n) is 5.25. The predicted octanol–water partition coefficient (Wildman–Crippen LogP) is 0.913. The minimum atomic E-state index is -0.553. The average Bonchev–Trinajstić information content (AvgIpc) is 2.78. The highest BCUT2D eigenvalue weighted by Gasteiger charge is 2.62. The van der Waals surface area contributed by atoms with Crippen LogP contribution in [-0.4, -0.2) is 28.8 Å². The van der Waals surface area contributed by atoms with Crippen LogP contribution in [0.1, 0.15) is 6.92 Å². The molecule has 3 N–H and O–H groups in total. The highest BCUT2D eigenvalue weighted by atomic mass is 16.3. The highest BCUT2D eigenvalue weighted by molar-refractivity contribution is 5.83. The summed E-state index contributed by atoms with van der Waals surface area (Å²) in [5.41, 5.74) is -0.553. The van der Waals surface area contributed by atoms with E-state index in [4.69, 9.17) is 0 Å². The maximum absolute atomic E-state index is 12.2. The Kier molecular flexibility index (Phi) is 2.38. The molecule has 1 fully saturated rings. The van der Waals surface area contributed by atoms with Gasteiger partial charge in [-0.15, -0.1) is 0 Å². The molecule has 0 aromatic rings. The minimum Gasteiger partial charge on any atom is -0.508 e. The molecule has 18 heavy (non-hydrogen) atoms. The fourth-order valence-corrected chi connectivity index (χ4v) is 3.70. The van der Waals surface area contributed by atoms with Crippen molar-refractivity contribution in [2.45, 2.75) is 13.0 Å². The number of amides is 1. The van der Waals surface area contributed by atoms with Crippen LogP contribution in [0.5, 0.6) is 0 Å². The summed E-state index contributed by atoms with van der Waals surface area (Å²) in [6.45, 7) is 2.45. The molecule has 3 aliphatic rings. The van der Waals surface area contributed by atoms with Gasteiger partial charge in [-0.1, -0.05) is 18.2 Å². The standard InChI is InChI=1S/C14H17NO3/c1-2-15-13(18)11-9-5-6-14(11)7-8(16)3-4-10(14)12(9)17/h3-7,9-12,16-17H,2H2,1H3,(H,15,18). The van der Waals surface area contributed by atoms with Gasteiger partial charge in [-0.05, 0) is 19.1 Å². The van der Waals surface area contributed by atoms with Crippen LogP contribution < -0.4 is 5.32 Å². The molecule has 4 nitrogen and oxygen atoms in total. The van der Waals surface area contributed by atoms with Crippen LogP contribution in [0.2, 0.25) is 0 Å². The molecule has 1 spiro atoms. The van der Waals surface area contributed by atoms with E-state index in [0.29, 0.717) is 6.54 Å². The molecule has 1 saturated carbocycles. The Morgan fingerprint density at radius 2 is 2.28 bits per heavy atom. The normalized spacial score (nSPS) is 43.8. The Bertz CT molecular complexity index is 479. The number of hydrogen-bond donors (Lipinski definition) is 3. The molecule has 0 saturated heterocycles. The molecule has 4 heteroatoms. The van der Waals surface area contributed by atoms with Gasteiger partial charge in [-0.3, -0.25) is 4.79 Å². The van der Waals surface area contributed by atoms with Crippen molar-refractivity contribution in [3.8, 4) is 0 Å². The molecule has 2 bridgehead atoms. The van der Waals surface area contributed by atoms with Crippen molar-refractivity contribution in [3.05, 3.63) is 36.1 Å². The van der Waals surface area contributed by atoms with E-state index in [1.54, 1.807) is 12.2 Å². The lowest BCUT2D eigenvalue weighted by Crippen LogP contribution is -2.40. The lowest BCUT2D eigenvalue weighted by molar-refractivity contribution is -0.127. The molecular weight excluding hydrogens is 230 g/mol. The maximum atomic E-state index is 12.2. The van der Waals surface area contributed by atoms with Crippen molar-refractivity contribution in [1.29, 1.82) is 0 Å². The van der Waals surface area contributed by atoms with Crippen LogP contribution in [0.15, 0.2) is 36.1 Å². The van der Waals surface area contributed by atoms with E-state index in [2.05, 4.69) is 5.32 Å². The highest BCUT2D eigenvalue weighted by Crippen LogP contribution is 2.60. The Morgan fingerprint density at radius 1 is 1.50 bits per heavy atom. The predicted molar refractivity (Wildman–Crippen MR) is 66.6 cm³/mol. The number of carbonyl (C=O) groups excluding carboxylic acids is 1. The number of carbonyl (C=O) groups is 1. The Morgan fingerprint density at radius 3 is 3.00 bits per heavy atom. The summed E-state index contributed by atoms with van der Waals surface area (Å²) in [6.07, 6.45) is 8.45. The van der Waals surface area contributed by atoms with Crippen molar-refractivity contribution in [2.24, 2.45) is 23.2 Å². The maximum Gasteiger partial charge on any atom is 0.225 e. The second-order valence-corrected chi connectivity index (χ2v) is 5.25. The first-order chi connectivity index (χ1) is 8.60. The van der Waals surface area contributed by atoms with Crippen LogP contribution in [0.4, 0.5) is 0 Å². The Labute approximate surface area is 106 Å². The lowest BCUT2D eigenvalue weighted by atomic mass is 9.70. The van der Waals surface area contributed by atoms with Gasteiger partial charge in [0.1, 0.15) is 5.76 Å². The van der Waals surface area contributed by atoms with Crippen molar-refractivity contribution >= 4 is 5.91 Å². The zero-order chi connectivity index (χ0) is 12.9. The summed E-state index contributed by atoms with van der Waals surface area (Å²) >= 11 is 0. The number of fused-ring (bicyclic) bond motifs is 1. The third-order valence-corrected chi connectivity index (χ3v) is 4.38. The number of allylic oxidation sites excluding steroid dienone is 3. The Balaban J connectivity index is 2.04. The number of aliphatic hydroxyl groups excluding tert-OH is 2. The van der Waals surface area contributed by atoms with Gasteiger partial charge < -0.3 is 15.5 Å². The summed E-state index contributed by atoms with van der Waals surface area (Å²) in [4.78, 5) is 12.2. The van der Waals surface area contributed by atoms with Gasteiger partial charge in [0.2, 0.25) is 5.91 Å². The zero-order valence-corrected chi connectivity index (χ0v) is 10.2. The number of aliphatic hydroxyl groups is 2. The van der Waals surface area contributed by atoms with Gasteiger partial charge >= 0.3 is 0 Å². The summed E-state index contributed by atoms with van der Waals surface area (Å²) in [7, 11) is 0. The van der Waals surface area contributed by atoms with Crippen molar-refractivity contribution in [3.63, 3.8) is 0 Å². The van der Waals surface area contributed by atoms with Gasteiger partial charge in [-0.25, -0.2) is 0 Å². The van der Waals surface area contributed by atoms with Crippen molar-refractivity contribution in [2.75, 3.05) is 6.54 Å². The van der Waals surface area contributed by atoms with Crippen LogP contribution in [0, 0.1) is 23.2 Å². The number of nitrogens with one attached hydrogen (secondary N) is 1. The smallest absolute Gasteiger partial charge is 0.225 e. The molecule has 0 aromatic carbocycles. The van der Waals surface area contributed by atoms with Crippen LogP contribution in [0.25, 0.3) is 0 Å².